The molecule has 114 heavy (non-hydrogen) atoms. The minimum atomic E-state index is -0.801. The number of rotatable bonds is 10. The Morgan fingerprint density at radius 3 is 1.32 bits per heavy atom. The van der Waals surface area contributed by atoms with Crippen molar-refractivity contribution in [1.29, 1.82) is 0 Å². The average Bonchev–Trinajstić information content (AvgIpc) is 1.52. The van der Waals surface area contributed by atoms with Gasteiger partial charge in [0, 0.05) is 76.1 Å². The predicted molar refractivity (Wildman–Crippen MR) is 461 cm³/mol. The summed E-state index contributed by atoms with van der Waals surface area (Å²) < 4.78 is 378. The van der Waals surface area contributed by atoms with Crippen molar-refractivity contribution in [1.82, 2.24) is 39.0 Å². The van der Waals surface area contributed by atoms with Crippen LogP contribution < -0.4 is 0 Å². The van der Waals surface area contributed by atoms with Crippen molar-refractivity contribution >= 4 is 131 Å². The van der Waals surface area contributed by atoms with Crippen LogP contribution in [0.15, 0.2) is 381 Å². The molecular weight excluding hydrogens is 1400 g/mol. The first-order chi connectivity index (χ1) is 72.7. The Morgan fingerprint density at radius 2 is 0.693 bits per heavy atom. The van der Waals surface area contributed by atoms with Gasteiger partial charge in [-0.2, -0.15) is 19.9 Å². The lowest BCUT2D eigenvalue weighted by atomic mass is 9.99. The van der Waals surface area contributed by atoms with Gasteiger partial charge in [0.05, 0.1) is 86.3 Å². The molecule has 24 aromatic rings. The largest absolute Gasteiger partial charge is 0.456 e. The molecule has 0 N–H and O–H groups in total. The van der Waals surface area contributed by atoms with Crippen molar-refractivity contribution < 1.29 is 71.1 Å². The standard InChI is InChI=1S/2C51H30N4O2/c1-3-13-31(14-4-1)33-17-11-18-34(29-33)49-52-50(35-25-26-40-45(30-35)56-44-24-12-21-36(46(40)44)32-15-5-2-6-16-32)54-51(53-49)55-41-22-9-7-20-39(41)47-42(55)28-27-38-37-19-8-10-23-43(37)57-48(38)47;1-3-12-31(13-4-1)32-22-24-34(25-23-32)49-52-50(35-26-27-40-45(30-35)56-44-21-11-18-36(46(40)44)33-14-5-2-6-15-33)54-51(53-49)55-41-19-9-7-17-39(41)47-42(55)29-28-38-37-16-8-10-20-43(37)57-48(38)47/h2*1-30H/i7D,8D,9D,10D,11D,12D,17D,18D,19D,20D,21D,22D,23D,24D,25D,26D,27D,28D,29D,30D;2D,5D,6D,7D,8D,9D,10D,14D,15D,16D,17D,19D,20D,22D,23D,24D,25D,28D,29D. The van der Waals surface area contributed by atoms with Crippen LogP contribution in [0.25, 0.3) is 233 Å². The SMILES string of the molecule is [2H]c1c([2H])c(-c2ccccc2)c([2H])c(-c2nc(-c3c([2H])c([2H])c4c(oc5c([2H])c([2H])c([2H])c(-c6ccccc6)c54)c3[2H])nc(-n3c4c([2H])c([2H])c([2H])c([2H])c4c4c5oc6c([2H])c([2H])c([2H])c([2H])c6c5c([2H])c([2H])c43)n2)c1[2H].[2H]c1c([2H])c([2H])c(-c2cccc3oc4cc(-c5nc(-c6c([2H])c([2H])c(-c7ccccc7)c([2H])c6[2H])nc(-n6c7c([2H])c([2H])c([2H])c([2H])c7c7c8oc9c([2H])c([2H])c([2H])c([2H])c9c8c([2H])c([2H])c76)n5)ccc4c23)c([2H])c1[2H]. The van der Waals surface area contributed by atoms with Gasteiger partial charge in [-0.1, -0.05) is 272 Å². The van der Waals surface area contributed by atoms with E-state index in [1.165, 1.54) is 6.07 Å². The topological polar surface area (TPSA) is 140 Å². The van der Waals surface area contributed by atoms with Gasteiger partial charge in [0.2, 0.25) is 11.9 Å². The Balaban J connectivity index is 0.000000167. The number of hydrogen-bond acceptors (Lipinski definition) is 10. The van der Waals surface area contributed by atoms with E-state index in [1.54, 1.807) is 121 Å². The number of aromatic nitrogens is 8. The summed E-state index contributed by atoms with van der Waals surface area (Å²) in [7, 11) is 0. The van der Waals surface area contributed by atoms with Crippen molar-refractivity contribution in [2.75, 3.05) is 0 Å². The van der Waals surface area contributed by atoms with Crippen molar-refractivity contribution in [3.8, 4) is 102 Å². The van der Waals surface area contributed by atoms with Crippen LogP contribution in [0, 0.1) is 0 Å². The molecule has 24 rings (SSSR count). The van der Waals surface area contributed by atoms with E-state index in [1.807, 2.05) is 0 Å². The molecule has 8 aromatic heterocycles. The van der Waals surface area contributed by atoms with Gasteiger partial charge in [0.25, 0.3) is 0 Å². The number of benzene rings is 16. The second kappa shape index (κ2) is 26.0. The number of furan rings is 4. The Labute approximate surface area is 704 Å². The predicted octanol–water partition coefficient (Wildman–Crippen LogP) is 26.9. The molecule has 0 unspecified atom stereocenters. The van der Waals surface area contributed by atoms with E-state index in [0.29, 0.717) is 21.9 Å². The van der Waals surface area contributed by atoms with Gasteiger partial charge in [0.1, 0.15) is 44.7 Å². The third-order valence-electron chi connectivity index (χ3n) is 19.3. The van der Waals surface area contributed by atoms with Crippen LogP contribution in [0.2, 0.25) is 0 Å². The fraction of sp³-hybridized carbons (Fsp3) is 0. The Bertz CT molecular complexity index is 10500. The van der Waals surface area contributed by atoms with Crippen LogP contribution in [0.4, 0.5) is 0 Å². The highest BCUT2D eigenvalue weighted by molar-refractivity contribution is 6.25. The molecular formula is C102H60N8O4. The van der Waals surface area contributed by atoms with Crippen molar-refractivity contribution in [3.05, 3.63) is 363 Å². The summed E-state index contributed by atoms with van der Waals surface area (Å²) in [6.07, 6.45) is 0. The molecule has 0 bridgehead atoms. The number of fused-ring (bicyclic) bond motifs is 20. The first-order valence-corrected chi connectivity index (χ1v) is 34.9. The zero-order valence-corrected chi connectivity index (χ0v) is 57.8. The molecule has 0 saturated carbocycles. The van der Waals surface area contributed by atoms with Gasteiger partial charge < -0.3 is 17.7 Å². The highest BCUT2D eigenvalue weighted by Gasteiger charge is 2.26. The van der Waals surface area contributed by atoms with Crippen molar-refractivity contribution in [2.24, 2.45) is 0 Å². The lowest BCUT2D eigenvalue weighted by molar-refractivity contribution is 0.668. The van der Waals surface area contributed by atoms with Gasteiger partial charge in [0.15, 0.2) is 23.3 Å². The Kier molecular flexibility index (Phi) is 8.38. The first kappa shape index (κ1) is 36.7. The second-order valence-corrected chi connectivity index (χ2v) is 25.8. The van der Waals surface area contributed by atoms with Crippen LogP contribution in [-0.4, -0.2) is 39.0 Å². The summed E-state index contributed by atoms with van der Waals surface area (Å²) in [5, 5.41) is -1.52. The molecule has 0 radical (unpaired) electrons. The van der Waals surface area contributed by atoms with Gasteiger partial charge >= 0.3 is 0 Å². The molecule has 0 aliphatic heterocycles. The molecule has 0 aliphatic carbocycles. The second-order valence-electron chi connectivity index (χ2n) is 25.8. The molecule has 12 heteroatoms. The molecule has 12 nitrogen and oxygen atoms in total. The molecule has 0 spiro atoms. The summed E-state index contributed by atoms with van der Waals surface area (Å²) in [5.74, 6) is -3.21. The van der Waals surface area contributed by atoms with Gasteiger partial charge in [-0.05, 0) is 135 Å². The highest BCUT2D eigenvalue weighted by Crippen LogP contribution is 2.46. The van der Waals surface area contributed by atoms with E-state index < -0.39 is 298 Å². The smallest absolute Gasteiger partial charge is 0.238 e. The number of hydrogen-bond donors (Lipinski definition) is 0. The molecule has 16 aromatic carbocycles. The van der Waals surface area contributed by atoms with E-state index in [2.05, 4.69) is 15.0 Å². The Morgan fingerprint density at radius 1 is 0.219 bits per heavy atom. The molecule has 0 fully saturated rings. The zero-order valence-electron chi connectivity index (χ0n) is 96.8. The lowest BCUT2D eigenvalue weighted by Crippen LogP contribution is -2.06. The number of para-hydroxylation sites is 4. The van der Waals surface area contributed by atoms with Crippen LogP contribution in [0.5, 0.6) is 0 Å². The maximum atomic E-state index is 9.75. The van der Waals surface area contributed by atoms with Crippen LogP contribution >= 0.6 is 0 Å². The molecule has 8 heterocycles. The van der Waals surface area contributed by atoms with Crippen LogP contribution in [-0.2, 0) is 0 Å². The molecule has 0 aliphatic rings. The van der Waals surface area contributed by atoms with Gasteiger partial charge in [-0.3, -0.25) is 9.13 Å². The summed E-state index contributed by atoms with van der Waals surface area (Å²) in [5.41, 5.74) is -3.40. The summed E-state index contributed by atoms with van der Waals surface area (Å²) >= 11 is 0. The van der Waals surface area contributed by atoms with Crippen LogP contribution in [0.1, 0.15) is 53.5 Å². The van der Waals surface area contributed by atoms with E-state index in [9.17, 15) is 23.3 Å². The molecule has 0 saturated heterocycles. The third-order valence-corrected chi connectivity index (χ3v) is 19.3. The zero-order chi connectivity index (χ0) is 109. The Hall–Kier alpha value is -15.7. The summed E-state index contributed by atoms with van der Waals surface area (Å²) in [6.45, 7) is 0. The van der Waals surface area contributed by atoms with Gasteiger partial charge in [-0.25, -0.2) is 9.97 Å². The van der Waals surface area contributed by atoms with E-state index in [4.69, 9.17) is 62.8 Å². The number of nitrogens with zero attached hydrogens (tertiary/aromatic N) is 8. The third kappa shape index (κ3) is 10.5. The molecule has 532 valence electrons. The maximum absolute atomic E-state index is 9.75. The molecule has 0 atom stereocenters. The average molecular weight is 1500 g/mol. The van der Waals surface area contributed by atoms with Gasteiger partial charge in [-0.15, -0.1) is 0 Å². The quantitative estimate of drug-likeness (QED) is 0.130. The minimum absolute atomic E-state index is 0.00386. The van der Waals surface area contributed by atoms with E-state index in [0.717, 1.165) is 9.13 Å². The van der Waals surface area contributed by atoms with E-state index >= 15 is 0 Å². The lowest BCUT2D eigenvalue weighted by Gasteiger charge is -2.11. The minimum Gasteiger partial charge on any atom is -0.456 e. The monoisotopic (exact) mass is 1500 g/mol. The van der Waals surface area contributed by atoms with Crippen molar-refractivity contribution in [2.45, 2.75) is 0 Å². The fourth-order valence-corrected chi connectivity index (χ4v) is 14.3. The van der Waals surface area contributed by atoms with E-state index in [-0.39, 0.29) is 149 Å². The summed E-state index contributed by atoms with van der Waals surface area (Å²) in [4.78, 5) is 28.3. The van der Waals surface area contributed by atoms with Crippen molar-refractivity contribution in [3.63, 3.8) is 0 Å². The summed E-state index contributed by atoms with van der Waals surface area (Å²) in [6, 6.07) is 10.2. The van der Waals surface area contributed by atoms with Crippen LogP contribution in [0.3, 0.4) is 0 Å². The fourth-order valence-electron chi connectivity index (χ4n) is 14.3. The first-order valence-electron chi connectivity index (χ1n) is 54.4. The highest BCUT2D eigenvalue weighted by atomic mass is 16.3. The molecule has 0 amide bonds. The maximum Gasteiger partial charge on any atom is 0.238 e. The normalized spacial score (nSPS) is 16.6.